The number of hydrogen-bond donors (Lipinski definition) is 0. The summed E-state index contributed by atoms with van der Waals surface area (Å²) in [6.45, 7) is 0. The van der Waals surface area contributed by atoms with Gasteiger partial charge in [-0.15, -0.1) is 0 Å². The van der Waals surface area contributed by atoms with Crippen LogP contribution in [0.1, 0.15) is 20.7 Å². The van der Waals surface area contributed by atoms with Crippen molar-refractivity contribution < 1.29 is 0 Å². The summed E-state index contributed by atoms with van der Waals surface area (Å²) in [6, 6.07) is 19.6. The quantitative estimate of drug-likeness (QED) is 0.686. The van der Waals surface area contributed by atoms with Gasteiger partial charge in [0, 0.05) is 0 Å². The van der Waals surface area contributed by atoms with Crippen molar-refractivity contribution in [3.63, 3.8) is 0 Å². The lowest BCUT2D eigenvalue weighted by molar-refractivity contribution is 1.23. The fraction of sp³-hybridized carbons (Fsp3) is 0.125. The predicted octanol–water partition coefficient (Wildman–Crippen LogP) is 3.93. The number of benzene rings is 2. The summed E-state index contributed by atoms with van der Waals surface area (Å²) in [6.07, 6.45) is 2.48. The molecule has 1 atom stereocenters. The Morgan fingerprint density at radius 1 is 0.882 bits per heavy atom. The average Bonchev–Trinajstić information content (AvgIpc) is 2.78. The molecule has 1 aliphatic rings. The van der Waals surface area contributed by atoms with Crippen LogP contribution in [0.2, 0.25) is 5.05 Å². The van der Waals surface area contributed by atoms with Crippen LogP contribution in [0.4, 0.5) is 0 Å². The van der Waals surface area contributed by atoms with Gasteiger partial charge >= 0.3 is 20.4 Å². The molecular formula is C16H14Mg. The van der Waals surface area contributed by atoms with Gasteiger partial charge in [-0.25, -0.2) is 0 Å². The van der Waals surface area contributed by atoms with Crippen LogP contribution in [-0.4, -0.2) is 20.4 Å². The van der Waals surface area contributed by atoms with Crippen LogP contribution in [-0.2, 0) is 0 Å². The molecule has 0 saturated carbocycles. The SMILES string of the molecule is [CH3][Mg][CH]1C=C(c2ccccc2)c2ccccc21. The third-order valence-corrected chi connectivity index (χ3v) is 5.10. The maximum absolute atomic E-state index is 2.48. The Labute approximate surface area is 112 Å². The van der Waals surface area contributed by atoms with Crippen LogP contribution in [0, 0.1) is 0 Å². The molecule has 0 N–H and O–H groups in total. The minimum atomic E-state index is -0.0313. The van der Waals surface area contributed by atoms with Crippen molar-refractivity contribution in [2.75, 3.05) is 0 Å². The largest absolute Gasteiger partial charge is 0.377 e. The monoisotopic (exact) mass is 230 g/mol. The zero-order valence-corrected chi connectivity index (χ0v) is 11.5. The van der Waals surface area contributed by atoms with Gasteiger partial charge in [0.1, 0.15) is 0 Å². The highest BCUT2D eigenvalue weighted by Crippen LogP contribution is 2.38. The van der Waals surface area contributed by atoms with E-state index in [1.54, 1.807) is 5.56 Å². The molecule has 0 heterocycles. The van der Waals surface area contributed by atoms with Crippen molar-refractivity contribution in [1.29, 1.82) is 0 Å². The molecule has 1 unspecified atom stereocenters. The Balaban J connectivity index is 2.13. The fourth-order valence-corrected chi connectivity index (χ4v) is 3.92. The second kappa shape index (κ2) is 4.67. The first-order valence-corrected chi connectivity index (χ1v) is 8.49. The summed E-state index contributed by atoms with van der Waals surface area (Å²) in [5, 5.41) is 2.39. The summed E-state index contributed by atoms with van der Waals surface area (Å²) in [5.41, 5.74) is 5.77. The Morgan fingerprint density at radius 2 is 1.59 bits per heavy atom. The third-order valence-electron chi connectivity index (χ3n) is 3.54. The van der Waals surface area contributed by atoms with Gasteiger partial charge < -0.3 is 0 Å². The van der Waals surface area contributed by atoms with Crippen molar-refractivity contribution in [2.45, 2.75) is 9.10 Å². The van der Waals surface area contributed by atoms with Crippen LogP contribution in [0.15, 0.2) is 60.7 Å². The molecule has 0 aliphatic heterocycles. The van der Waals surface area contributed by atoms with E-state index in [-0.39, 0.29) is 20.4 Å². The van der Waals surface area contributed by atoms with Crippen molar-refractivity contribution in [3.8, 4) is 0 Å². The van der Waals surface area contributed by atoms with Gasteiger partial charge in [-0.2, -0.15) is 5.05 Å². The van der Waals surface area contributed by atoms with E-state index in [0.29, 0.717) is 0 Å². The number of fused-ring (bicyclic) bond motifs is 1. The van der Waals surface area contributed by atoms with Crippen molar-refractivity contribution in [1.82, 2.24) is 0 Å². The van der Waals surface area contributed by atoms with Gasteiger partial charge in [0.15, 0.2) is 0 Å². The molecule has 0 bridgehead atoms. The van der Waals surface area contributed by atoms with Crippen LogP contribution in [0.3, 0.4) is 0 Å². The highest BCUT2D eigenvalue weighted by atomic mass is 24.5. The second-order valence-electron chi connectivity index (χ2n) is 4.55. The van der Waals surface area contributed by atoms with E-state index in [9.17, 15) is 0 Å². The van der Waals surface area contributed by atoms with Gasteiger partial charge in [-0.3, -0.25) is 0 Å². The van der Waals surface area contributed by atoms with Gasteiger partial charge in [-0.1, -0.05) is 70.3 Å². The molecule has 1 heteroatoms. The van der Waals surface area contributed by atoms with Gasteiger partial charge in [0.25, 0.3) is 0 Å². The molecule has 1 aliphatic carbocycles. The molecule has 2 aromatic rings. The van der Waals surface area contributed by atoms with E-state index in [0.717, 1.165) is 4.05 Å². The molecule has 0 radical (unpaired) electrons. The van der Waals surface area contributed by atoms with E-state index in [4.69, 9.17) is 0 Å². The Kier molecular flexibility index (Phi) is 3.04. The smallest absolute Gasteiger partial charge is 0.155 e. The van der Waals surface area contributed by atoms with E-state index in [1.807, 2.05) is 0 Å². The number of allylic oxidation sites excluding steroid dienone is 1. The van der Waals surface area contributed by atoms with Gasteiger partial charge in [0.2, 0.25) is 0 Å². The van der Waals surface area contributed by atoms with Crippen LogP contribution >= 0.6 is 0 Å². The summed E-state index contributed by atoms with van der Waals surface area (Å²) in [5.74, 6) is 0. The topological polar surface area (TPSA) is 0 Å². The third kappa shape index (κ3) is 1.94. The number of hydrogen-bond acceptors (Lipinski definition) is 0. The molecule has 0 saturated heterocycles. The standard InChI is InChI=1S/C15H11.CH3.Mg/c1-2-6-12(7-3-1)15-11-10-13-8-4-5-9-14(13)15;;/h1-11H;1H3;. The van der Waals surface area contributed by atoms with E-state index in [1.165, 1.54) is 16.7 Å². The molecular weight excluding hydrogens is 216 g/mol. The first-order chi connectivity index (χ1) is 8.40. The maximum Gasteiger partial charge on any atom is 0.377 e. The highest BCUT2D eigenvalue weighted by Gasteiger charge is 2.22. The minimum absolute atomic E-state index is 0.0313. The Hall–Kier alpha value is -1.05. The zero-order chi connectivity index (χ0) is 11.7. The van der Waals surface area contributed by atoms with E-state index < -0.39 is 0 Å². The molecule has 0 aromatic heterocycles. The predicted molar refractivity (Wildman–Crippen MR) is 74.3 cm³/mol. The lowest BCUT2D eigenvalue weighted by Gasteiger charge is -2.07. The van der Waals surface area contributed by atoms with Crippen LogP contribution < -0.4 is 0 Å². The first-order valence-electron chi connectivity index (χ1n) is 6.26. The molecule has 0 nitrogen and oxygen atoms in total. The summed E-state index contributed by atoms with van der Waals surface area (Å²) in [4.78, 5) is 0. The first kappa shape index (κ1) is 11.1. The maximum atomic E-state index is 2.48. The summed E-state index contributed by atoms with van der Waals surface area (Å²) < 4.78 is 0.724. The molecule has 0 fully saturated rings. The molecule has 0 amide bonds. The minimum Gasteiger partial charge on any atom is -0.155 e. The van der Waals surface area contributed by atoms with Crippen LogP contribution in [0.5, 0.6) is 0 Å². The van der Waals surface area contributed by atoms with E-state index in [2.05, 4.69) is 65.7 Å². The zero-order valence-electron chi connectivity index (χ0n) is 10.1. The van der Waals surface area contributed by atoms with Crippen molar-refractivity contribution in [2.24, 2.45) is 0 Å². The van der Waals surface area contributed by atoms with Crippen LogP contribution in [0.25, 0.3) is 5.57 Å². The average molecular weight is 231 g/mol. The Morgan fingerprint density at radius 3 is 2.35 bits per heavy atom. The molecule has 3 rings (SSSR count). The van der Waals surface area contributed by atoms with Gasteiger partial charge in [-0.05, 0) is 16.7 Å². The second-order valence-corrected chi connectivity index (χ2v) is 6.24. The molecule has 80 valence electrons. The fourth-order valence-electron chi connectivity index (χ4n) is 2.65. The highest BCUT2D eigenvalue weighted by molar-refractivity contribution is 6.37. The molecule has 17 heavy (non-hydrogen) atoms. The van der Waals surface area contributed by atoms with Crippen molar-refractivity contribution in [3.05, 3.63) is 77.4 Å². The normalized spacial score (nSPS) is 17.2. The molecule has 2 aromatic carbocycles. The van der Waals surface area contributed by atoms with Gasteiger partial charge in [0.05, 0.1) is 0 Å². The van der Waals surface area contributed by atoms with Crippen molar-refractivity contribution >= 4 is 25.9 Å². The summed E-state index contributed by atoms with van der Waals surface area (Å²) >= 11 is -0.0313. The number of rotatable bonds is 2. The van der Waals surface area contributed by atoms with E-state index >= 15 is 0 Å². The molecule has 0 spiro atoms. The Bertz CT molecular complexity index is 555. The summed E-state index contributed by atoms with van der Waals surface area (Å²) in [7, 11) is 0. The lowest BCUT2D eigenvalue weighted by Crippen LogP contribution is -1.98. The lowest BCUT2D eigenvalue weighted by atomic mass is 9.99.